The first-order valence-corrected chi connectivity index (χ1v) is 7.07. The number of likely N-dealkylation sites (N-methyl/N-ethyl adjacent to an activating group) is 1. The number of hydrogen-bond donors (Lipinski definition) is 3. The third kappa shape index (κ3) is 2.94. The molecule has 1 aromatic rings. The molecule has 0 heterocycles. The van der Waals surface area contributed by atoms with Gasteiger partial charge in [-0.05, 0) is 43.5 Å². The van der Waals surface area contributed by atoms with Crippen molar-refractivity contribution in [1.29, 1.82) is 0 Å². The summed E-state index contributed by atoms with van der Waals surface area (Å²) in [5.74, 6) is 5.34. The molecule has 0 bridgehead atoms. The Labute approximate surface area is 119 Å². The molecule has 2 rings (SSSR count). The van der Waals surface area contributed by atoms with Gasteiger partial charge >= 0.3 is 0 Å². The topological polar surface area (TPSA) is 78.6 Å². The lowest BCUT2D eigenvalue weighted by Gasteiger charge is -2.35. The van der Waals surface area contributed by atoms with Crippen LogP contribution in [0.1, 0.15) is 41.6 Å². The molecule has 0 aliphatic heterocycles. The Kier molecular flexibility index (Phi) is 4.62. The number of nitrogens with one attached hydrogen (secondary N) is 1. The number of nitrogen functional groups attached to an aromatic ring is 1. The number of amides is 1. The molecule has 20 heavy (non-hydrogen) atoms. The van der Waals surface area contributed by atoms with Gasteiger partial charge < -0.3 is 15.4 Å². The van der Waals surface area contributed by atoms with E-state index in [9.17, 15) is 9.90 Å². The lowest BCUT2D eigenvalue weighted by Crippen LogP contribution is -2.46. The van der Waals surface area contributed by atoms with Crippen LogP contribution in [-0.2, 0) is 0 Å². The monoisotopic (exact) mass is 277 g/mol. The highest BCUT2D eigenvalue weighted by Gasteiger charge is 2.29. The van der Waals surface area contributed by atoms with E-state index in [1.165, 1.54) is 0 Å². The zero-order valence-electron chi connectivity index (χ0n) is 12.1. The van der Waals surface area contributed by atoms with Gasteiger partial charge in [-0.2, -0.15) is 0 Å². The molecule has 0 radical (unpaired) electrons. The molecular formula is C15H23N3O2. The largest absolute Gasteiger partial charge is 0.391 e. The highest BCUT2D eigenvalue weighted by atomic mass is 16.3. The van der Waals surface area contributed by atoms with E-state index in [1.54, 1.807) is 24.1 Å². The van der Waals surface area contributed by atoms with Crippen molar-refractivity contribution in [2.24, 2.45) is 5.84 Å². The molecule has 1 fully saturated rings. The summed E-state index contributed by atoms with van der Waals surface area (Å²) in [5.41, 5.74) is 4.96. The fourth-order valence-electron chi connectivity index (χ4n) is 2.86. The summed E-state index contributed by atoms with van der Waals surface area (Å²) in [6.45, 7) is 1.90. The van der Waals surface area contributed by atoms with Crippen LogP contribution in [0.4, 0.5) is 5.69 Å². The van der Waals surface area contributed by atoms with Crippen LogP contribution in [0.15, 0.2) is 18.2 Å². The number of aliphatic hydroxyl groups is 1. The first kappa shape index (κ1) is 14.8. The number of benzene rings is 1. The van der Waals surface area contributed by atoms with Crippen molar-refractivity contribution in [1.82, 2.24) is 4.90 Å². The molecule has 1 saturated carbocycles. The molecule has 2 unspecified atom stereocenters. The number of anilines is 1. The van der Waals surface area contributed by atoms with E-state index >= 15 is 0 Å². The van der Waals surface area contributed by atoms with E-state index < -0.39 is 6.10 Å². The Bertz CT molecular complexity index is 490. The summed E-state index contributed by atoms with van der Waals surface area (Å²) in [6.07, 6.45) is 3.33. The number of nitrogens with two attached hydrogens (primary N) is 1. The van der Waals surface area contributed by atoms with Gasteiger partial charge in [-0.25, -0.2) is 0 Å². The first-order valence-electron chi connectivity index (χ1n) is 7.07. The van der Waals surface area contributed by atoms with Crippen molar-refractivity contribution in [2.45, 2.75) is 44.8 Å². The second-order valence-electron chi connectivity index (χ2n) is 5.51. The van der Waals surface area contributed by atoms with Crippen LogP contribution >= 0.6 is 0 Å². The van der Waals surface area contributed by atoms with Gasteiger partial charge in [-0.3, -0.25) is 10.6 Å². The minimum Gasteiger partial charge on any atom is -0.391 e. The van der Waals surface area contributed by atoms with E-state index in [2.05, 4.69) is 5.43 Å². The summed E-state index contributed by atoms with van der Waals surface area (Å²) in [7, 11) is 1.77. The van der Waals surface area contributed by atoms with Crippen LogP contribution < -0.4 is 11.3 Å². The smallest absolute Gasteiger partial charge is 0.253 e. The zero-order chi connectivity index (χ0) is 14.7. The number of aryl methyl sites for hydroxylation is 1. The van der Waals surface area contributed by atoms with Crippen LogP contribution in [0.3, 0.4) is 0 Å². The van der Waals surface area contributed by atoms with Gasteiger partial charge in [0.15, 0.2) is 0 Å². The SMILES string of the molecule is Cc1cc(C(=O)N(C)C2CCCCC2O)ccc1NN. The predicted octanol–water partition coefficient (Wildman–Crippen LogP) is 1.66. The van der Waals surface area contributed by atoms with Gasteiger partial charge in [0.05, 0.1) is 17.8 Å². The summed E-state index contributed by atoms with van der Waals surface area (Å²) in [4.78, 5) is 14.2. The summed E-state index contributed by atoms with van der Waals surface area (Å²) < 4.78 is 0. The normalized spacial score (nSPS) is 22.4. The minimum atomic E-state index is -0.413. The maximum Gasteiger partial charge on any atom is 0.253 e. The van der Waals surface area contributed by atoms with Crippen LogP contribution in [0.25, 0.3) is 0 Å². The van der Waals surface area contributed by atoms with Gasteiger partial charge in [-0.15, -0.1) is 0 Å². The van der Waals surface area contributed by atoms with Crippen LogP contribution in [-0.4, -0.2) is 35.1 Å². The number of carbonyl (C=O) groups excluding carboxylic acids is 1. The highest BCUT2D eigenvalue weighted by Crippen LogP contribution is 2.24. The summed E-state index contributed by atoms with van der Waals surface area (Å²) >= 11 is 0. The van der Waals surface area contributed by atoms with E-state index in [0.29, 0.717) is 5.56 Å². The van der Waals surface area contributed by atoms with Crippen molar-refractivity contribution in [3.63, 3.8) is 0 Å². The molecule has 1 aliphatic carbocycles. The van der Waals surface area contributed by atoms with Gasteiger partial charge in [0.2, 0.25) is 0 Å². The Hall–Kier alpha value is -1.59. The van der Waals surface area contributed by atoms with Crippen molar-refractivity contribution < 1.29 is 9.90 Å². The van der Waals surface area contributed by atoms with E-state index in [-0.39, 0.29) is 11.9 Å². The van der Waals surface area contributed by atoms with Gasteiger partial charge in [-0.1, -0.05) is 12.8 Å². The molecule has 5 nitrogen and oxygen atoms in total. The number of carbonyl (C=O) groups is 1. The van der Waals surface area contributed by atoms with Crippen molar-refractivity contribution >= 4 is 11.6 Å². The molecular weight excluding hydrogens is 254 g/mol. The van der Waals surface area contributed by atoms with Crippen molar-refractivity contribution in [3.05, 3.63) is 29.3 Å². The molecule has 1 amide bonds. The predicted molar refractivity (Wildman–Crippen MR) is 79.3 cm³/mol. The van der Waals surface area contributed by atoms with Gasteiger partial charge in [0.25, 0.3) is 5.91 Å². The molecule has 1 aromatic carbocycles. The first-order chi connectivity index (χ1) is 9.54. The van der Waals surface area contributed by atoms with E-state index in [0.717, 1.165) is 36.9 Å². The Balaban J connectivity index is 2.15. The van der Waals surface area contributed by atoms with Gasteiger partial charge in [0, 0.05) is 12.6 Å². The Morgan fingerprint density at radius 1 is 1.40 bits per heavy atom. The molecule has 5 heteroatoms. The quantitative estimate of drug-likeness (QED) is 0.580. The maximum atomic E-state index is 12.5. The van der Waals surface area contributed by atoms with Crippen molar-refractivity contribution in [3.8, 4) is 0 Å². The number of hydrazine groups is 1. The fraction of sp³-hybridized carbons (Fsp3) is 0.533. The van der Waals surface area contributed by atoms with E-state index in [4.69, 9.17) is 5.84 Å². The third-order valence-corrected chi connectivity index (χ3v) is 4.14. The minimum absolute atomic E-state index is 0.0531. The van der Waals surface area contributed by atoms with Crippen LogP contribution in [0.2, 0.25) is 0 Å². The summed E-state index contributed by atoms with van der Waals surface area (Å²) in [5, 5.41) is 10.1. The molecule has 0 aromatic heterocycles. The molecule has 4 N–H and O–H groups in total. The second-order valence-corrected chi connectivity index (χ2v) is 5.51. The Morgan fingerprint density at radius 2 is 2.10 bits per heavy atom. The number of aliphatic hydroxyl groups excluding tert-OH is 1. The average Bonchev–Trinajstić information content (AvgIpc) is 2.46. The third-order valence-electron chi connectivity index (χ3n) is 4.14. The van der Waals surface area contributed by atoms with Crippen LogP contribution in [0, 0.1) is 6.92 Å². The second kappa shape index (κ2) is 6.24. The zero-order valence-corrected chi connectivity index (χ0v) is 12.1. The number of nitrogens with zero attached hydrogens (tertiary/aromatic N) is 1. The standard InChI is InChI=1S/C15H23N3O2/c1-10-9-11(7-8-12(10)17-16)15(20)18(2)13-5-3-4-6-14(13)19/h7-9,13-14,17,19H,3-6,16H2,1-2H3. The van der Waals surface area contributed by atoms with E-state index in [1.807, 2.05) is 13.0 Å². The lowest BCUT2D eigenvalue weighted by atomic mass is 9.91. The molecule has 0 spiro atoms. The Morgan fingerprint density at radius 3 is 2.70 bits per heavy atom. The number of hydrogen-bond acceptors (Lipinski definition) is 4. The fourth-order valence-corrected chi connectivity index (χ4v) is 2.86. The van der Waals surface area contributed by atoms with Gasteiger partial charge in [0.1, 0.15) is 0 Å². The maximum absolute atomic E-state index is 12.5. The van der Waals surface area contributed by atoms with Crippen molar-refractivity contribution in [2.75, 3.05) is 12.5 Å². The average molecular weight is 277 g/mol. The highest BCUT2D eigenvalue weighted by molar-refractivity contribution is 5.95. The molecule has 2 atom stereocenters. The lowest BCUT2D eigenvalue weighted by molar-refractivity contribution is 0.0268. The summed E-state index contributed by atoms with van der Waals surface area (Å²) in [6, 6.07) is 5.30. The molecule has 1 aliphatic rings. The molecule has 110 valence electrons. The number of rotatable bonds is 3. The van der Waals surface area contributed by atoms with Crippen LogP contribution in [0.5, 0.6) is 0 Å². The molecule has 0 saturated heterocycles.